The van der Waals surface area contributed by atoms with E-state index < -0.39 is 5.91 Å². The van der Waals surface area contributed by atoms with Crippen molar-refractivity contribution in [3.05, 3.63) is 66.2 Å². The van der Waals surface area contributed by atoms with Gasteiger partial charge in [-0.25, -0.2) is 0 Å². The fourth-order valence-electron chi connectivity index (χ4n) is 1.81. The number of amides is 2. The summed E-state index contributed by atoms with van der Waals surface area (Å²) in [5, 5.41) is 2.41. The lowest BCUT2D eigenvalue weighted by Gasteiger charge is -2.11. The maximum absolute atomic E-state index is 11.7. The van der Waals surface area contributed by atoms with E-state index in [2.05, 4.69) is 16.2 Å². The van der Waals surface area contributed by atoms with Gasteiger partial charge in [0.25, 0.3) is 5.91 Å². The highest BCUT2D eigenvalue weighted by Gasteiger charge is 2.07. The van der Waals surface area contributed by atoms with Gasteiger partial charge in [0.2, 0.25) is 5.91 Å². The second-order valence-electron chi connectivity index (χ2n) is 4.81. The lowest BCUT2D eigenvalue weighted by molar-refractivity contribution is -0.122. The molecule has 2 rings (SSSR count). The molecule has 0 aliphatic rings. The molecule has 0 saturated heterocycles. The molecule has 0 atom stereocenters. The number of para-hydroxylation sites is 1. The molecule has 0 heterocycles. The maximum Gasteiger partial charge on any atom is 0.264 e. The number of benzene rings is 2. The fourth-order valence-corrected chi connectivity index (χ4v) is 1.98. The Morgan fingerprint density at radius 3 is 2.17 bits per heavy atom. The van der Waals surface area contributed by atoms with Gasteiger partial charge < -0.3 is 4.74 Å². The zero-order valence-electron chi connectivity index (χ0n) is 12.8. The van der Waals surface area contributed by atoms with Crippen molar-refractivity contribution >= 4 is 29.1 Å². The van der Waals surface area contributed by atoms with Crippen molar-refractivity contribution in [3.8, 4) is 5.75 Å². The third-order valence-corrected chi connectivity index (χ3v) is 3.09. The van der Waals surface area contributed by atoms with Crippen molar-refractivity contribution in [2.45, 2.75) is 6.42 Å². The van der Waals surface area contributed by atoms with E-state index in [4.69, 9.17) is 17.0 Å². The fraction of sp³-hybridized carbons (Fsp3) is 0.118. The summed E-state index contributed by atoms with van der Waals surface area (Å²) in [6.07, 6.45) is 0.210. The van der Waals surface area contributed by atoms with E-state index >= 15 is 0 Å². The number of hydrogen-bond donors (Lipinski definition) is 3. The molecule has 0 fully saturated rings. The van der Waals surface area contributed by atoms with E-state index in [1.54, 1.807) is 12.1 Å². The summed E-state index contributed by atoms with van der Waals surface area (Å²) in [5.41, 5.74) is 5.78. The zero-order chi connectivity index (χ0) is 17.2. The van der Waals surface area contributed by atoms with Crippen LogP contribution in [0.5, 0.6) is 5.75 Å². The average Bonchev–Trinajstić information content (AvgIpc) is 2.60. The molecule has 0 saturated carbocycles. The Bertz CT molecular complexity index is 693. The number of hydrogen-bond acceptors (Lipinski definition) is 4. The number of thiocarbonyl (C=S) groups is 1. The van der Waals surface area contributed by atoms with Gasteiger partial charge in [0.15, 0.2) is 11.7 Å². The van der Waals surface area contributed by atoms with Crippen LogP contribution in [0.1, 0.15) is 5.56 Å². The number of nitrogens with one attached hydrogen (secondary N) is 3. The van der Waals surface area contributed by atoms with Gasteiger partial charge in [-0.05, 0) is 29.9 Å². The van der Waals surface area contributed by atoms with E-state index in [-0.39, 0.29) is 24.0 Å². The minimum Gasteiger partial charge on any atom is -0.484 e. The summed E-state index contributed by atoms with van der Waals surface area (Å²) in [7, 11) is 0. The first-order valence-electron chi connectivity index (χ1n) is 7.24. The van der Waals surface area contributed by atoms with Crippen LogP contribution in [0.4, 0.5) is 0 Å². The minimum atomic E-state index is -0.423. The number of hydrazine groups is 1. The van der Waals surface area contributed by atoms with Gasteiger partial charge in [-0.2, -0.15) is 0 Å². The van der Waals surface area contributed by atoms with E-state index in [9.17, 15) is 9.59 Å². The SMILES string of the molecule is O=C(Cc1ccccc1)NNC(=S)NC(=O)COc1ccccc1. The summed E-state index contributed by atoms with van der Waals surface area (Å²) < 4.78 is 5.29. The molecular weight excluding hydrogens is 326 g/mol. The second-order valence-corrected chi connectivity index (χ2v) is 5.22. The average molecular weight is 343 g/mol. The van der Waals surface area contributed by atoms with Crippen molar-refractivity contribution in [3.63, 3.8) is 0 Å². The predicted molar refractivity (Wildman–Crippen MR) is 94.1 cm³/mol. The Kier molecular flexibility index (Phi) is 6.73. The highest BCUT2D eigenvalue weighted by atomic mass is 32.1. The summed E-state index contributed by atoms with van der Waals surface area (Å²) in [5.74, 6) is -0.102. The molecule has 0 spiro atoms. The van der Waals surface area contributed by atoms with Crippen LogP contribution in [-0.2, 0) is 16.0 Å². The van der Waals surface area contributed by atoms with Crippen LogP contribution < -0.4 is 20.9 Å². The highest BCUT2D eigenvalue weighted by molar-refractivity contribution is 7.80. The number of rotatable bonds is 5. The van der Waals surface area contributed by atoms with Gasteiger partial charge in [-0.1, -0.05) is 48.5 Å². The lowest BCUT2D eigenvalue weighted by Crippen LogP contribution is -2.49. The smallest absolute Gasteiger partial charge is 0.264 e. The molecule has 7 heteroatoms. The Balaban J connectivity index is 1.65. The maximum atomic E-state index is 11.7. The van der Waals surface area contributed by atoms with Gasteiger partial charge >= 0.3 is 0 Å². The quantitative estimate of drug-likeness (QED) is 0.564. The molecule has 0 aliphatic carbocycles. The standard InChI is InChI=1S/C17H17N3O3S/c21-15(11-13-7-3-1-4-8-13)19-20-17(24)18-16(22)12-23-14-9-5-2-6-10-14/h1-10H,11-12H2,(H,19,21)(H2,18,20,22,24). The van der Waals surface area contributed by atoms with Crippen molar-refractivity contribution in [2.24, 2.45) is 0 Å². The normalized spacial score (nSPS) is 9.67. The number of carbonyl (C=O) groups is 2. The first-order valence-corrected chi connectivity index (χ1v) is 7.65. The largest absolute Gasteiger partial charge is 0.484 e. The van der Waals surface area contributed by atoms with Gasteiger partial charge in [0, 0.05) is 0 Å². The summed E-state index contributed by atoms with van der Waals surface area (Å²) >= 11 is 4.93. The Labute approximate surface area is 145 Å². The summed E-state index contributed by atoms with van der Waals surface area (Å²) in [6, 6.07) is 18.2. The first kappa shape index (κ1) is 17.4. The van der Waals surface area contributed by atoms with Crippen LogP contribution in [0, 0.1) is 0 Å². The zero-order valence-corrected chi connectivity index (χ0v) is 13.6. The molecule has 2 aromatic rings. The Morgan fingerprint density at radius 1 is 0.875 bits per heavy atom. The van der Waals surface area contributed by atoms with Crippen molar-refractivity contribution in [2.75, 3.05) is 6.61 Å². The molecule has 0 aromatic heterocycles. The number of ether oxygens (including phenoxy) is 1. The van der Waals surface area contributed by atoms with E-state index in [0.29, 0.717) is 5.75 Å². The van der Waals surface area contributed by atoms with E-state index in [0.717, 1.165) is 5.56 Å². The van der Waals surface area contributed by atoms with E-state index in [1.807, 2.05) is 48.5 Å². The van der Waals surface area contributed by atoms with Crippen LogP contribution in [0.15, 0.2) is 60.7 Å². The number of carbonyl (C=O) groups excluding carboxylic acids is 2. The van der Waals surface area contributed by atoms with Crippen LogP contribution in [-0.4, -0.2) is 23.5 Å². The van der Waals surface area contributed by atoms with Crippen molar-refractivity contribution in [1.29, 1.82) is 0 Å². The summed E-state index contributed by atoms with van der Waals surface area (Å²) in [6.45, 7) is -0.177. The van der Waals surface area contributed by atoms with Gasteiger partial charge in [-0.15, -0.1) is 0 Å². The third-order valence-electron chi connectivity index (χ3n) is 2.89. The molecule has 2 amide bonds. The predicted octanol–water partition coefficient (Wildman–Crippen LogP) is 1.33. The topological polar surface area (TPSA) is 79.5 Å². The molecule has 124 valence electrons. The molecule has 2 aromatic carbocycles. The summed E-state index contributed by atoms with van der Waals surface area (Å²) in [4.78, 5) is 23.4. The van der Waals surface area contributed by atoms with Gasteiger partial charge in [-0.3, -0.25) is 25.8 Å². The lowest BCUT2D eigenvalue weighted by atomic mass is 10.1. The van der Waals surface area contributed by atoms with E-state index in [1.165, 1.54) is 0 Å². The van der Waals surface area contributed by atoms with Crippen LogP contribution in [0.3, 0.4) is 0 Å². The molecule has 0 bridgehead atoms. The minimum absolute atomic E-state index is 0.00178. The molecule has 6 nitrogen and oxygen atoms in total. The molecule has 0 radical (unpaired) electrons. The van der Waals surface area contributed by atoms with Crippen molar-refractivity contribution in [1.82, 2.24) is 16.2 Å². The molecule has 3 N–H and O–H groups in total. The van der Waals surface area contributed by atoms with Gasteiger partial charge in [0.1, 0.15) is 5.75 Å². The third kappa shape index (κ3) is 6.45. The molecular formula is C17H17N3O3S. The molecule has 24 heavy (non-hydrogen) atoms. The molecule has 0 unspecified atom stereocenters. The second kappa shape index (κ2) is 9.26. The molecule has 0 aliphatic heterocycles. The van der Waals surface area contributed by atoms with Crippen LogP contribution >= 0.6 is 12.2 Å². The van der Waals surface area contributed by atoms with Crippen LogP contribution in [0.25, 0.3) is 0 Å². The van der Waals surface area contributed by atoms with Crippen LogP contribution in [0.2, 0.25) is 0 Å². The Hall–Kier alpha value is -2.93. The first-order chi connectivity index (χ1) is 11.6. The monoisotopic (exact) mass is 343 g/mol. The van der Waals surface area contributed by atoms with Crippen molar-refractivity contribution < 1.29 is 14.3 Å². The highest BCUT2D eigenvalue weighted by Crippen LogP contribution is 2.07. The van der Waals surface area contributed by atoms with Gasteiger partial charge in [0.05, 0.1) is 6.42 Å². The Morgan fingerprint density at radius 2 is 1.50 bits per heavy atom.